The normalized spacial score (nSPS) is 11.4. The fourth-order valence-corrected chi connectivity index (χ4v) is 3.57. The van der Waals surface area contributed by atoms with E-state index < -0.39 is 0 Å². The van der Waals surface area contributed by atoms with E-state index in [1.54, 1.807) is 24.3 Å². The van der Waals surface area contributed by atoms with Gasteiger partial charge in [-0.2, -0.15) is 0 Å². The smallest absolute Gasteiger partial charge is 0.253 e. The van der Waals surface area contributed by atoms with Crippen molar-refractivity contribution in [2.75, 3.05) is 11.9 Å². The largest absolute Gasteiger partial charge is 0.454 e. The molecule has 0 spiro atoms. The van der Waals surface area contributed by atoms with Crippen molar-refractivity contribution in [2.45, 2.75) is 32.9 Å². The molecule has 176 valence electrons. The van der Waals surface area contributed by atoms with Gasteiger partial charge in [0.05, 0.1) is 28.9 Å². The molecule has 3 aromatic heterocycles. The fourth-order valence-electron chi connectivity index (χ4n) is 3.35. The van der Waals surface area contributed by atoms with Crippen molar-refractivity contribution in [3.63, 3.8) is 0 Å². The Bertz CT molecular complexity index is 1330. The molecule has 4 aromatic rings. The van der Waals surface area contributed by atoms with Gasteiger partial charge in [-0.25, -0.2) is 9.97 Å². The molecule has 1 aromatic carbocycles. The molecule has 0 unspecified atom stereocenters. The lowest BCUT2D eigenvalue weighted by Crippen LogP contribution is -2.40. The van der Waals surface area contributed by atoms with Crippen molar-refractivity contribution in [1.29, 1.82) is 0 Å². The summed E-state index contributed by atoms with van der Waals surface area (Å²) in [7, 11) is 0. The second-order valence-corrected chi connectivity index (χ2v) is 9.08. The van der Waals surface area contributed by atoms with Crippen molar-refractivity contribution in [1.82, 2.24) is 24.8 Å². The number of rotatable bonds is 7. The number of ether oxygens (including phenoxy) is 1. The average Bonchev–Trinajstić information content (AvgIpc) is 3.19. The quantitative estimate of drug-likeness (QED) is 0.356. The first-order valence-electron chi connectivity index (χ1n) is 10.7. The summed E-state index contributed by atoms with van der Waals surface area (Å²) in [6.07, 6.45) is 6.33. The summed E-state index contributed by atoms with van der Waals surface area (Å²) in [5.74, 6) is 1.16. The summed E-state index contributed by atoms with van der Waals surface area (Å²) in [6, 6.07) is 8.72. The topological polar surface area (TPSA) is 114 Å². The van der Waals surface area contributed by atoms with Crippen LogP contribution in [0.25, 0.3) is 11.0 Å². The Morgan fingerprint density at radius 3 is 2.74 bits per heavy atom. The number of benzene rings is 1. The van der Waals surface area contributed by atoms with E-state index >= 15 is 0 Å². The van der Waals surface area contributed by atoms with Crippen LogP contribution in [-0.4, -0.2) is 42.7 Å². The maximum atomic E-state index is 12.4. The van der Waals surface area contributed by atoms with E-state index in [1.807, 2.05) is 37.6 Å². The summed E-state index contributed by atoms with van der Waals surface area (Å²) in [4.78, 5) is 25.1. The fraction of sp³-hybridized carbons (Fsp3) is 0.250. The van der Waals surface area contributed by atoms with Gasteiger partial charge >= 0.3 is 0 Å². The van der Waals surface area contributed by atoms with E-state index in [4.69, 9.17) is 16.3 Å². The number of anilines is 2. The minimum absolute atomic E-state index is 0.00387. The molecule has 1 amide bonds. The van der Waals surface area contributed by atoms with Crippen molar-refractivity contribution < 1.29 is 14.6 Å². The highest BCUT2D eigenvalue weighted by molar-refractivity contribution is 6.32. The Labute approximate surface area is 201 Å². The lowest BCUT2D eigenvalue weighted by atomic mass is 10.1. The zero-order valence-corrected chi connectivity index (χ0v) is 19.8. The maximum absolute atomic E-state index is 12.4. The van der Waals surface area contributed by atoms with E-state index in [-0.39, 0.29) is 18.1 Å². The number of nitrogens with zero attached hydrogens (tertiary/aromatic N) is 4. The Hall–Kier alpha value is -3.69. The van der Waals surface area contributed by atoms with Gasteiger partial charge in [0.1, 0.15) is 23.3 Å². The number of aliphatic hydroxyl groups is 1. The molecule has 9 nitrogen and oxygen atoms in total. The lowest BCUT2D eigenvalue weighted by Gasteiger charge is -2.20. The molecule has 0 saturated carbocycles. The molecular formula is C24H25ClN6O3. The minimum Gasteiger partial charge on any atom is -0.454 e. The number of pyridine rings is 1. The second-order valence-electron chi connectivity index (χ2n) is 8.67. The highest BCUT2D eigenvalue weighted by Crippen LogP contribution is 2.33. The van der Waals surface area contributed by atoms with Gasteiger partial charge in [0.2, 0.25) is 0 Å². The molecule has 0 aliphatic rings. The van der Waals surface area contributed by atoms with E-state index in [9.17, 15) is 9.90 Å². The van der Waals surface area contributed by atoms with E-state index in [0.717, 1.165) is 11.0 Å². The summed E-state index contributed by atoms with van der Waals surface area (Å²) in [5.41, 5.74) is 2.27. The van der Waals surface area contributed by atoms with Crippen LogP contribution in [0.1, 0.15) is 31.1 Å². The number of hydrogen-bond acceptors (Lipinski definition) is 7. The Morgan fingerprint density at radius 2 is 2.00 bits per heavy atom. The molecule has 10 heteroatoms. The monoisotopic (exact) mass is 480 g/mol. The molecule has 34 heavy (non-hydrogen) atoms. The number of halogens is 1. The SMILES string of the molecule is CC(C)(C)NC(=O)c1cncc(Oc2ccc(Nc3ncnc4ccn(CCO)c34)cc2Cl)c1. The third kappa shape index (κ3) is 5.44. The number of aliphatic hydroxyl groups excluding tert-OH is 1. The van der Waals surface area contributed by atoms with Gasteiger partial charge in [-0.05, 0) is 51.1 Å². The van der Waals surface area contributed by atoms with Crippen LogP contribution in [0.3, 0.4) is 0 Å². The molecule has 0 fully saturated rings. The van der Waals surface area contributed by atoms with E-state index in [1.165, 1.54) is 18.7 Å². The maximum Gasteiger partial charge on any atom is 0.253 e. The van der Waals surface area contributed by atoms with Gasteiger partial charge in [-0.1, -0.05) is 11.6 Å². The molecule has 0 atom stereocenters. The number of aromatic nitrogens is 4. The lowest BCUT2D eigenvalue weighted by molar-refractivity contribution is 0.0919. The van der Waals surface area contributed by atoms with E-state index in [2.05, 4.69) is 25.6 Å². The summed E-state index contributed by atoms with van der Waals surface area (Å²) < 4.78 is 7.77. The van der Waals surface area contributed by atoms with Crippen LogP contribution in [0.5, 0.6) is 11.5 Å². The Kier molecular flexibility index (Phi) is 6.67. The first-order valence-corrected chi connectivity index (χ1v) is 11.0. The van der Waals surface area contributed by atoms with Crippen LogP contribution in [0.4, 0.5) is 11.5 Å². The summed E-state index contributed by atoms with van der Waals surface area (Å²) in [5, 5.41) is 15.8. The number of hydrogen-bond donors (Lipinski definition) is 3. The van der Waals surface area contributed by atoms with Crippen molar-refractivity contribution >= 4 is 40.0 Å². The average molecular weight is 481 g/mol. The third-order valence-corrected chi connectivity index (χ3v) is 5.07. The van der Waals surface area contributed by atoms with Crippen LogP contribution in [0.2, 0.25) is 5.02 Å². The predicted octanol–water partition coefficient (Wildman–Crippen LogP) is 4.54. The second kappa shape index (κ2) is 9.66. The summed E-state index contributed by atoms with van der Waals surface area (Å²) >= 11 is 6.48. The minimum atomic E-state index is -0.366. The Balaban J connectivity index is 1.53. The van der Waals surface area contributed by atoms with Crippen LogP contribution < -0.4 is 15.4 Å². The third-order valence-electron chi connectivity index (χ3n) is 4.78. The van der Waals surface area contributed by atoms with Gasteiger partial charge in [0, 0.05) is 30.2 Å². The highest BCUT2D eigenvalue weighted by Gasteiger charge is 2.17. The van der Waals surface area contributed by atoms with Gasteiger partial charge in [-0.15, -0.1) is 0 Å². The number of nitrogens with one attached hydrogen (secondary N) is 2. The Morgan fingerprint density at radius 1 is 1.18 bits per heavy atom. The van der Waals surface area contributed by atoms with Gasteiger partial charge in [-0.3, -0.25) is 9.78 Å². The van der Waals surface area contributed by atoms with Crippen LogP contribution >= 0.6 is 11.6 Å². The molecule has 0 saturated heterocycles. The van der Waals surface area contributed by atoms with Crippen LogP contribution in [0.15, 0.2) is 55.2 Å². The van der Waals surface area contributed by atoms with Crippen molar-refractivity contribution in [2.24, 2.45) is 0 Å². The molecule has 3 heterocycles. The molecule has 3 N–H and O–H groups in total. The highest BCUT2D eigenvalue weighted by atomic mass is 35.5. The number of carbonyl (C=O) groups is 1. The molecule has 0 aliphatic heterocycles. The summed E-state index contributed by atoms with van der Waals surface area (Å²) in [6.45, 7) is 6.16. The zero-order chi connectivity index (χ0) is 24.3. The predicted molar refractivity (Wildman–Crippen MR) is 131 cm³/mol. The van der Waals surface area contributed by atoms with E-state index in [0.29, 0.717) is 40.1 Å². The molecular weight excluding hydrogens is 456 g/mol. The van der Waals surface area contributed by atoms with Crippen molar-refractivity contribution in [3.05, 3.63) is 65.8 Å². The first-order chi connectivity index (χ1) is 16.2. The zero-order valence-electron chi connectivity index (χ0n) is 19.0. The van der Waals surface area contributed by atoms with Gasteiger partial charge in [0.15, 0.2) is 5.82 Å². The number of fused-ring (bicyclic) bond motifs is 1. The van der Waals surface area contributed by atoms with Crippen LogP contribution in [0, 0.1) is 0 Å². The van der Waals surface area contributed by atoms with Crippen LogP contribution in [-0.2, 0) is 6.54 Å². The molecule has 0 bridgehead atoms. The number of carbonyl (C=O) groups excluding carboxylic acids is 1. The molecule has 4 rings (SSSR count). The number of amides is 1. The molecule has 0 aliphatic carbocycles. The van der Waals surface area contributed by atoms with Gasteiger partial charge < -0.3 is 25.0 Å². The first kappa shape index (κ1) is 23.5. The van der Waals surface area contributed by atoms with Crippen molar-refractivity contribution in [3.8, 4) is 11.5 Å². The van der Waals surface area contributed by atoms with Gasteiger partial charge in [0.25, 0.3) is 5.91 Å². The molecule has 0 radical (unpaired) electrons. The standard InChI is InChI=1S/C24H25ClN6O3/c1-24(2,3)30-23(33)15-10-17(13-26-12-15)34-20-5-4-16(11-18(20)25)29-22-21-19(27-14-28-22)6-7-31(21)8-9-32/h4-7,10-14,32H,8-9H2,1-3H3,(H,30,33)(H,27,28,29).